The molecule has 8 heteroatoms. The van der Waals surface area contributed by atoms with Crippen LogP contribution in [0, 0.1) is 0 Å². The van der Waals surface area contributed by atoms with E-state index in [2.05, 4.69) is 10.1 Å². The van der Waals surface area contributed by atoms with Gasteiger partial charge in [-0.2, -0.15) is 0 Å². The topological polar surface area (TPSA) is 41.6 Å². The summed E-state index contributed by atoms with van der Waals surface area (Å²) in [6.07, 6.45) is -4.03. The average Bonchev–Trinajstić information content (AvgIpc) is 2.89. The number of amides is 1. The predicted octanol–water partition coefficient (Wildman–Crippen LogP) is 2.44. The molecule has 1 aromatic carbocycles. The number of benzene rings is 1. The van der Waals surface area contributed by atoms with Gasteiger partial charge in [-0.1, -0.05) is 12.1 Å². The number of alkyl halides is 3. The van der Waals surface area contributed by atoms with Crippen molar-refractivity contribution in [3.8, 4) is 5.75 Å². The van der Waals surface area contributed by atoms with Crippen molar-refractivity contribution in [1.82, 2.24) is 10.2 Å². The highest BCUT2D eigenvalue weighted by Gasteiger charge is 2.34. The lowest BCUT2D eigenvalue weighted by atomic mass is 10.1. The van der Waals surface area contributed by atoms with Gasteiger partial charge >= 0.3 is 6.36 Å². The summed E-state index contributed by atoms with van der Waals surface area (Å²) in [5.41, 5.74) is -0.0841. The third-order valence-electron chi connectivity index (χ3n) is 3.25. The number of likely N-dealkylation sites (N-methyl/N-ethyl adjacent to an activating group) is 1. The molecular weight excluding hydrogens is 309 g/mol. The van der Waals surface area contributed by atoms with Gasteiger partial charge in [0, 0.05) is 19.6 Å². The van der Waals surface area contributed by atoms with Gasteiger partial charge in [-0.25, -0.2) is 0 Å². The number of rotatable bonds is 3. The van der Waals surface area contributed by atoms with Crippen molar-refractivity contribution < 1.29 is 22.7 Å². The van der Waals surface area contributed by atoms with Crippen LogP contribution in [0.3, 0.4) is 0 Å². The first kappa shape index (κ1) is 17.6. The van der Waals surface area contributed by atoms with Gasteiger partial charge in [-0.3, -0.25) is 4.79 Å². The van der Waals surface area contributed by atoms with Gasteiger partial charge in [-0.05, 0) is 25.1 Å². The molecule has 1 N–H and O–H groups in total. The van der Waals surface area contributed by atoms with E-state index in [-0.39, 0.29) is 24.0 Å². The molecule has 1 aliphatic heterocycles. The van der Waals surface area contributed by atoms with E-state index in [9.17, 15) is 18.0 Å². The fourth-order valence-corrected chi connectivity index (χ4v) is 2.18. The first-order valence-electron chi connectivity index (χ1n) is 6.21. The largest absolute Gasteiger partial charge is 0.573 e. The van der Waals surface area contributed by atoms with Crippen LogP contribution in [-0.4, -0.2) is 43.3 Å². The van der Waals surface area contributed by atoms with Crippen molar-refractivity contribution in [2.75, 3.05) is 20.1 Å². The fourth-order valence-electron chi connectivity index (χ4n) is 2.18. The molecule has 1 atom stereocenters. The van der Waals surface area contributed by atoms with Crippen molar-refractivity contribution in [3.63, 3.8) is 0 Å². The number of ether oxygens (including phenoxy) is 1. The molecule has 0 spiro atoms. The van der Waals surface area contributed by atoms with E-state index in [1.807, 2.05) is 0 Å². The van der Waals surface area contributed by atoms with Crippen LogP contribution in [0.2, 0.25) is 0 Å². The number of hydrogen-bond donors (Lipinski definition) is 1. The van der Waals surface area contributed by atoms with Gasteiger partial charge in [-0.15, -0.1) is 25.6 Å². The Bertz CT molecular complexity index is 491. The molecule has 1 aliphatic rings. The van der Waals surface area contributed by atoms with E-state index in [0.717, 1.165) is 19.0 Å². The smallest absolute Gasteiger partial charge is 0.405 e. The normalized spacial score (nSPS) is 18.0. The Kier molecular flexibility index (Phi) is 5.86. The molecule has 21 heavy (non-hydrogen) atoms. The van der Waals surface area contributed by atoms with Crippen molar-refractivity contribution in [2.24, 2.45) is 0 Å². The highest BCUT2D eigenvalue weighted by Crippen LogP contribution is 2.27. The summed E-state index contributed by atoms with van der Waals surface area (Å²) in [6, 6.07) is 5.37. The van der Waals surface area contributed by atoms with E-state index in [1.165, 1.54) is 23.1 Å². The maximum atomic E-state index is 12.3. The Balaban J connectivity index is 0.00000220. The van der Waals surface area contributed by atoms with Crippen LogP contribution >= 0.6 is 12.4 Å². The summed E-state index contributed by atoms with van der Waals surface area (Å²) in [5, 5.41) is 3.11. The molecule has 1 amide bonds. The Labute approximate surface area is 126 Å². The number of hydrogen-bond acceptors (Lipinski definition) is 3. The minimum Gasteiger partial charge on any atom is -0.405 e. The molecule has 0 radical (unpaired) electrons. The fraction of sp³-hybridized carbons (Fsp3) is 0.462. The number of para-hydroxylation sites is 1. The highest BCUT2D eigenvalue weighted by atomic mass is 35.5. The molecule has 0 aromatic heterocycles. The molecule has 0 saturated carbocycles. The number of nitrogens with zero attached hydrogens (tertiary/aromatic N) is 1. The Morgan fingerprint density at radius 1 is 1.38 bits per heavy atom. The van der Waals surface area contributed by atoms with Gasteiger partial charge in [0.15, 0.2) is 0 Å². The second-order valence-electron chi connectivity index (χ2n) is 4.61. The third kappa shape index (κ3) is 4.50. The molecule has 2 rings (SSSR count). The number of carbonyl (C=O) groups is 1. The molecule has 118 valence electrons. The van der Waals surface area contributed by atoms with Crippen LogP contribution in [0.15, 0.2) is 24.3 Å². The minimum absolute atomic E-state index is 0. The predicted molar refractivity (Wildman–Crippen MR) is 73.7 cm³/mol. The van der Waals surface area contributed by atoms with Crippen molar-refractivity contribution in [3.05, 3.63) is 29.8 Å². The molecule has 4 nitrogen and oxygen atoms in total. The Morgan fingerprint density at radius 3 is 2.62 bits per heavy atom. The SMILES string of the molecule is CN(C(=O)c1ccccc1OC(F)(F)F)[C@@H]1CCNC1.Cl. The molecule has 1 fully saturated rings. The van der Waals surface area contributed by atoms with Gasteiger partial charge in [0.25, 0.3) is 5.91 Å². The van der Waals surface area contributed by atoms with Gasteiger partial charge < -0.3 is 15.0 Å². The quantitative estimate of drug-likeness (QED) is 0.928. The van der Waals surface area contributed by atoms with E-state index in [0.29, 0.717) is 6.54 Å². The first-order valence-corrected chi connectivity index (χ1v) is 6.21. The third-order valence-corrected chi connectivity index (χ3v) is 3.25. The summed E-state index contributed by atoms with van der Waals surface area (Å²) in [4.78, 5) is 13.7. The van der Waals surface area contributed by atoms with Gasteiger partial charge in [0.2, 0.25) is 0 Å². The summed E-state index contributed by atoms with van der Waals surface area (Å²) < 4.78 is 40.9. The summed E-state index contributed by atoms with van der Waals surface area (Å²) in [7, 11) is 1.59. The van der Waals surface area contributed by atoms with Crippen molar-refractivity contribution >= 4 is 18.3 Å². The van der Waals surface area contributed by atoms with Crippen LogP contribution < -0.4 is 10.1 Å². The maximum Gasteiger partial charge on any atom is 0.573 e. The molecular formula is C13H16ClF3N2O2. The van der Waals surface area contributed by atoms with Crippen LogP contribution in [0.5, 0.6) is 5.75 Å². The Hall–Kier alpha value is -1.47. The lowest BCUT2D eigenvalue weighted by molar-refractivity contribution is -0.274. The van der Waals surface area contributed by atoms with E-state index in [1.54, 1.807) is 7.05 Å². The van der Waals surface area contributed by atoms with E-state index >= 15 is 0 Å². The number of carbonyl (C=O) groups excluding carboxylic acids is 1. The Morgan fingerprint density at radius 2 is 2.05 bits per heavy atom. The summed E-state index contributed by atoms with van der Waals surface area (Å²) in [5.74, 6) is -0.943. The molecule has 1 aromatic rings. The maximum absolute atomic E-state index is 12.3. The zero-order valence-electron chi connectivity index (χ0n) is 11.3. The zero-order valence-corrected chi connectivity index (χ0v) is 12.1. The van der Waals surface area contributed by atoms with Gasteiger partial charge in [0.1, 0.15) is 5.75 Å². The van der Waals surface area contributed by atoms with Crippen LogP contribution in [-0.2, 0) is 0 Å². The van der Waals surface area contributed by atoms with Crippen LogP contribution in [0.1, 0.15) is 16.8 Å². The number of nitrogens with one attached hydrogen (secondary N) is 1. The van der Waals surface area contributed by atoms with Crippen LogP contribution in [0.25, 0.3) is 0 Å². The van der Waals surface area contributed by atoms with Crippen LogP contribution in [0.4, 0.5) is 13.2 Å². The number of halogens is 4. The second kappa shape index (κ2) is 7.00. The lowest BCUT2D eigenvalue weighted by Gasteiger charge is -2.24. The zero-order chi connectivity index (χ0) is 14.8. The molecule has 0 unspecified atom stereocenters. The molecule has 1 saturated heterocycles. The summed E-state index contributed by atoms with van der Waals surface area (Å²) >= 11 is 0. The highest BCUT2D eigenvalue weighted by molar-refractivity contribution is 5.97. The first-order chi connectivity index (χ1) is 9.38. The average molecular weight is 325 g/mol. The molecule has 0 aliphatic carbocycles. The second-order valence-corrected chi connectivity index (χ2v) is 4.61. The summed E-state index contributed by atoms with van der Waals surface area (Å²) in [6.45, 7) is 1.44. The molecule has 1 heterocycles. The minimum atomic E-state index is -4.82. The van der Waals surface area contributed by atoms with Crippen molar-refractivity contribution in [2.45, 2.75) is 18.8 Å². The van der Waals surface area contributed by atoms with E-state index < -0.39 is 18.0 Å². The standard InChI is InChI=1S/C13H15F3N2O2.ClH/c1-18(9-6-7-17-8-9)12(19)10-4-2-3-5-11(10)20-13(14,15)16;/h2-5,9,17H,6-8H2,1H3;1H/t9-;/m1./s1. The van der Waals surface area contributed by atoms with Crippen molar-refractivity contribution in [1.29, 1.82) is 0 Å². The monoisotopic (exact) mass is 324 g/mol. The lowest BCUT2D eigenvalue weighted by Crippen LogP contribution is -2.38. The molecule has 0 bridgehead atoms. The van der Waals surface area contributed by atoms with Gasteiger partial charge in [0.05, 0.1) is 5.56 Å². The van der Waals surface area contributed by atoms with E-state index in [4.69, 9.17) is 0 Å².